The van der Waals surface area contributed by atoms with Crippen LogP contribution in [0.15, 0.2) is 18.2 Å². The number of amides is 1. The summed E-state index contributed by atoms with van der Waals surface area (Å²) in [6.07, 6.45) is 0. The molecular formula is C13H18IN3O3. The number of hydrogen-bond donors (Lipinski definition) is 2. The number of anilines is 1. The molecule has 1 atom stereocenters. The summed E-state index contributed by atoms with van der Waals surface area (Å²) < 4.78 is 0.701. The first-order valence-corrected chi connectivity index (χ1v) is 7.20. The fourth-order valence-electron chi connectivity index (χ4n) is 1.51. The second kappa shape index (κ2) is 6.38. The van der Waals surface area contributed by atoms with Crippen molar-refractivity contribution in [3.8, 4) is 0 Å². The van der Waals surface area contributed by atoms with Crippen LogP contribution in [0.5, 0.6) is 0 Å². The predicted molar refractivity (Wildman–Crippen MR) is 86.8 cm³/mol. The van der Waals surface area contributed by atoms with Gasteiger partial charge in [0.1, 0.15) is 6.04 Å². The van der Waals surface area contributed by atoms with Gasteiger partial charge in [0.05, 0.1) is 4.92 Å². The van der Waals surface area contributed by atoms with Crippen molar-refractivity contribution in [3.63, 3.8) is 0 Å². The fourth-order valence-corrected chi connectivity index (χ4v) is 2.17. The Morgan fingerprint density at radius 1 is 1.40 bits per heavy atom. The van der Waals surface area contributed by atoms with E-state index in [0.717, 1.165) is 0 Å². The van der Waals surface area contributed by atoms with Crippen molar-refractivity contribution >= 4 is 39.9 Å². The topological polar surface area (TPSA) is 84.3 Å². The molecule has 0 fully saturated rings. The van der Waals surface area contributed by atoms with Crippen LogP contribution in [-0.4, -0.2) is 22.4 Å². The van der Waals surface area contributed by atoms with Crippen molar-refractivity contribution in [2.45, 2.75) is 39.3 Å². The number of nitrogens with zero attached hydrogens (tertiary/aromatic N) is 1. The lowest BCUT2D eigenvalue weighted by atomic mass is 10.1. The maximum absolute atomic E-state index is 12.0. The highest BCUT2D eigenvalue weighted by molar-refractivity contribution is 14.1. The molecule has 6 nitrogen and oxygen atoms in total. The Morgan fingerprint density at radius 3 is 2.45 bits per heavy atom. The normalized spacial score (nSPS) is 12.7. The van der Waals surface area contributed by atoms with E-state index >= 15 is 0 Å². The SMILES string of the molecule is CC(Nc1ccc([N+](=O)[O-])cc1I)C(=O)NC(C)(C)C. The lowest BCUT2D eigenvalue weighted by Gasteiger charge is -2.24. The van der Waals surface area contributed by atoms with Gasteiger partial charge in [0.25, 0.3) is 5.69 Å². The molecule has 110 valence electrons. The standard InChI is InChI=1S/C13H18IN3O3/c1-8(12(18)16-13(2,3)4)15-11-6-5-9(17(19)20)7-10(11)14/h5-8,15H,1-4H3,(H,16,18). The third-order valence-corrected chi connectivity index (χ3v) is 3.32. The minimum Gasteiger partial charge on any atom is -0.373 e. The van der Waals surface area contributed by atoms with Crippen LogP contribution in [0.1, 0.15) is 27.7 Å². The zero-order valence-corrected chi connectivity index (χ0v) is 14.0. The first-order chi connectivity index (χ1) is 9.10. The molecule has 1 amide bonds. The summed E-state index contributed by atoms with van der Waals surface area (Å²) in [5, 5.41) is 16.6. The van der Waals surface area contributed by atoms with Gasteiger partial charge in [0.2, 0.25) is 5.91 Å². The van der Waals surface area contributed by atoms with Crippen LogP contribution in [-0.2, 0) is 4.79 Å². The number of halogens is 1. The molecule has 0 heterocycles. The minimum atomic E-state index is -0.443. The van der Waals surface area contributed by atoms with Crippen molar-refractivity contribution in [1.82, 2.24) is 5.32 Å². The van der Waals surface area contributed by atoms with Gasteiger partial charge in [-0.15, -0.1) is 0 Å². The van der Waals surface area contributed by atoms with E-state index in [0.29, 0.717) is 9.26 Å². The van der Waals surface area contributed by atoms with Crippen LogP contribution in [0.3, 0.4) is 0 Å². The number of benzene rings is 1. The van der Waals surface area contributed by atoms with Gasteiger partial charge < -0.3 is 10.6 Å². The van der Waals surface area contributed by atoms with E-state index in [2.05, 4.69) is 10.6 Å². The van der Waals surface area contributed by atoms with Gasteiger partial charge in [-0.1, -0.05) is 0 Å². The molecule has 2 N–H and O–H groups in total. The Labute approximate surface area is 131 Å². The molecule has 0 saturated carbocycles. The second-order valence-electron chi connectivity index (χ2n) is 5.53. The molecule has 0 spiro atoms. The Bertz CT molecular complexity index is 526. The van der Waals surface area contributed by atoms with Crippen molar-refractivity contribution < 1.29 is 9.72 Å². The van der Waals surface area contributed by atoms with Crippen molar-refractivity contribution in [3.05, 3.63) is 31.9 Å². The summed E-state index contributed by atoms with van der Waals surface area (Å²) in [7, 11) is 0. The molecule has 1 unspecified atom stereocenters. The minimum absolute atomic E-state index is 0.0340. The number of carbonyl (C=O) groups is 1. The van der Waals surface area contributed by atoms with Gasteiger partial charge in [-0.25, -0.2) is 0 Å². The summed E-state index contributed by atoms with van der Waals surface area (Å²) in [6.45, 7) is 7.48. The Morgan fingerprint density at radius 2 is 2.00 bits per heavy atom. The lowest BCUT2D eigenvalue weighted by molar-refractivity contribution is -0.384. The summed E-state index contributed by atoms with van der Waals surface area (Å²) in [4.78, 5) is 22.2. The van der Waals surface area contributed by atoms with Gasteiger partial charge in [-0.2, -0.15) is 0 Å². The molecule has 0 bridgehead atoms. The van der Waals surface area contributed by atoms with Gasteiger partial charge in [-0.05, 0) is 56.4 Å². The largest absolute Gasteiger partial charge is 0.373 e. The molecule has 0 aliphatic heterocycles. The molecule has 20 heavy (non-hydrogen) atoms. The number of rotatable bonds is 4. The predicted octanol–water partition coefficient (Wildman–Crippen LogP) is 2.91. The van der Waals surface area contributed by atoms with Crippen LogP contribution in [0, 0.1) is 13.7 Å². The smallest absolute Gasteiger partial charge is 0.270 e. The van der Waals surface area contributed by atoms with Crippen molar-refractivity contribution in [2.24, 2.45) is 0 Å². The molecule has 0 aliphatic rings. The second-order valence-corrected chi connectivity index (χ2v) is 6.69. The number of nitro benzene ring substituents is 1. The van der Waals surface area contributed by atoms with Crippen LogP contribution in [0.2, 0.25) is 0 Å². The summed E-state index contributed by atoms with van der Waals surface area (Å²) in [5.74, 6) is -0.119. The van der Waals surface area contributed by atoms with E-state index in [4.69, 9.17) is 0 Å². The number of carbonyl (C=O) groups excluding carboxylic acids is 1. The molecule has 7 heteroatoms. The summed E-state index contributed by atoms with van der Waals surface area (Å²) in [6, 6.07) is 4.07. The van der Waals surface area contributed by atoms with E-state index in [9.17, 15) is 14.9 Å². The van der Waals surface area contributed by atoms with E-state index in [1.165, 1.54) is 12.1 Å². The number of non-ortho nitro benzene ring substituents is 1. The molecule has 0 saturated heterocycles. The zero-order valence-electron chi connectivity index (χ0n) is 11.9. The summed E-state index contributed by atoms with van der Waals surface area (Å²) >= 11 is 2.01. The monoisotopic (exact) mass is 391 g/mol. The number of nitrogens with one attached hydrogen (secondary N) is 2. The van der Waals surface area contributed by atoms with Crippen LogP contribution in [0.25, 0.3) is 0 Å². The van der Waals surface area contributed by atoms with E-state index in [1.54, 1.807) is 13.0 Å². The first kappa shape index (κ1) is 16.7. The average Bonchev–Trinajstić information content (AvgIpc) is 2.29. The van der Waals surface area contributed by atoms with Crippen LogP contribution < -0.4 is 10.6 Å². The van der Waals surface area contributed by atoms with Crippen molar-refractivity contribution in [1.29, 1.82) is 0 Å². The van der Waals surface area contributed by atoms with Gasteiger partial charge in [0, 0.05) is 26.9 Å². The van der Waals surface area contributed by atoms with E-state index in [-0.39, 0.29) is 17.1 Å². The highest BCUT2D eigenvalue weighted by Gasteiger charge is 2.20. The molecule has 0 aromatic heterocycles. The zero-order chi connectivity index (χ0) is 15.5. The molecule has 1 aromatic rings. The third-order valence-electron chi connectivity index (χ3n) is 2.43. The first-order valence-electron chi connectivity index (χ1n) is 6.12. The molecule has 0 radical (unpaired) electrons. The van der Waals surface area contributed by atoms with Crippen molar-refractivity contribution in [2.75, 3.05) is 5.32 Å². The quantitative estimate of drug-likeness (QED) is 0.470. The van der Waals surface area contributed by atoms with Gasteiger partial charge in [0.15, 0.2) is 0 Å². The third kappa shape index (κ3) is 4.95. The maximum atomic E-state index is 12.0. The molecule has 0 aliphatic carbocycles. The average molecular weight is 391 g/mol. The molecule has 1 aromatic carbocycles. The van der Waals surface area contributed by atoms with E-state index in [1.807, 2.05) is 43.4 Å². The maximum Gasteiger partial charge on any atom is 0.270 e. The number of nitro groups is 1. The van der Waals surface area contributed by atoms with Gasteiger partial charge in [-0.3, -0.25) is 14.9 Å². The Balaban J connectivity index is 2.78. The van der Waals surface area contributed by atoms with Crippen LogP contribution in [0.4, 0.5) is 11.4 Å². The number of hydrogen-bond acceptors (Lipinski definition) is 4. The fraction of sp³-hybridized carbons (Fsp3) is 0.462. The lowest BCUT2D eigenvalue weighted by Crippen LogP contribution is -2.47. The Kier molecular flexibility index (Phi) is 5.32. The van der Waals surface area contributed by atoms with Crippen LogP contribution >= 0.6 is 22.6 Å². The highest BCUT2D eigenvalue weighted by atomic mass is 127. The Hall–Kier alpha value is -1.38. The van der Waals surface area contributed by atoms with Gasteiger partial charge >= 0.3 is 0 Å². The molecular weight excluding hydrogens is 373 g/mol. The van der Waals surface area contributed by atoms with E-state index < -0.39 is 11.0 Å². The highest BCUT2D eigenvalue weighted by Crippen LogP contribution is 2.24. The summed E-state index contributed by atoms with van der Waals surface area (Å²) in [5.41, 5.74) is 0.440. The molecule has 1 rings (SSSR count).